The van der Waals surface area contributed by atoms with Gasteiger partial charge in [0, 0.05) is 37.9 Å². The van der Waals surface area contributed by atoms with Crippen LogP contribution in [0.5, 0.6) is 0 Å². The third kappa shape index (κ3) is 3.27. The predicted octanol–water partition coefficient (Wildman–Crippen LogP) is 5.87. The summed E-state index contributed by atoms with van der Waals surface area (Å²) in [5.41, 5.74) is 7.35. The van der Waals surface area contributed by atoms with Crippen LogP contribution in [0.4, 0.5) is 0 Å². The van der Waals surface area contributed by atoms with E-state index in [0.717, 1.165) is 0 Å². The van der Waals surface area contributed by atoms with Crippen molar-refractivity contribution < 1.29 is 0 Å². The zero-order valence-electron chi connectivity index (χ0n) is 15.1. The molecule has 0 saturated carbocycles. The Morgan fingerprint density at radius 1 is 0.538 bits per heavy atom. The molecule has 2 aromatic carbocycles. The van der Waals surface area contributed by atoms with Gasteiger partial charge >= 0.3 is 0 Å². The van der Waals surface area contributed by atoms with Crippen LogP contribution in [0.1, 0.15) is 11.1 Å². The lowest BCUT2D eigenvalue weighted by Gasteiger charge is -2.04. The van der Waals surface area contributed by atoms with Crippen molar-refractivity contribution in [2.45, 2.75) is 0 Å². The van der Waals surface area contributed by atoms with Gasteiger partial charge in [-0.25, -0.2) is 0 Å². The summed E-state index contributed by atoms with van der Waals surface area (Å²) in [5.74, 6) is 0. The quantitative estimate of drug-likeness (QED) is 0.412. The summed E-state index contributed by atoms with van der Waals surface area (Å²) in [6.45, 7) is 0. The summed E-state index contributed by atoms with van der Waals surface area (Å²) in [4.78, 5) is 0. The van der Waals surface area contributed by atoms with Crippen LogP contribution in [0.25, 0.3) is 34.7 Å². The van der Waals surface area contributed by atoms with Crippen LogP contribution in [0.2, 0.25) is 0 Å². The summed E-state index contributed by atoms with van der Waals surface area (Å²) in [5, 5.41) is 0. The number of aromatic nitrogens is 2. The van der Waals surface area contributed by atoms with Crippen molar-refractivity contribution in [2.24, 2.45) is 14.1 Å². The van der Waals surface area contributed by atoms with Crippen LogP contribution in [-0.2, 0) is 14.1 Å². The molecule has 128 valence electrons. The maximum absolute atomic E-state index is 2.17. The molecule has 0 aliphatic rings. The SMILES string of the molecule is Cn1cccc1-c1ccc(/C=C/c2ccc(-c3cccn3C)cc2)cc1. The molecule has 0 bridgehead atoms. The number of benzene rings is 2. The van der Waals surface area contributed by atoms with Crippen molar-refractivity contribution in [1.29, 1.82) is 0 Å². The van der Waals surface area contributed by atoms with E-state index in [0.29, 0.717) is 0 Å². The van der Waals surface area contributed by atoms with Gasteiger partial charge in [0.15, 0.2) is 0 Å². The molecule has 0 fully saturated rings. The molecule has 0 amide bonds. The Morgan fingerprint density at radius 2 is 0.923 bits per heavy atom. The monoisotopic (exact) mass is 338 g/mol. The second-order valence-electron chi connectivity index (χ2n) is 6.59. The minimum Gasteiger partial charge on any atom is -0.351 e. The van der Waals surface area contributed by atoms with Gasteiger partial charge in [0.2, 0.25) is 0 Å². The summed E-state index contributed by atoms with van der Waals surface area (Å²) < 4.78 is 4.28. The van der Waals surface area contributed by atoms with Crippen LogP contribution < -0.4 is 0 Å². The third-order valence-corrected chi connectivity index (χ3v) is 4.77. The largest absolute Gasteiger partial charge is 0.351 e. The Hall–Kier alpha value is -3.26. The van der Waals surface area contributed by atoms with Crippen LogP contribution in [0.15, 0.2) is 85.2 Å². The molecular weight excluding hydrogens is 316 g/mol. The molecule has 0 spiro atoms. The smallest absolute Gasteiger partial charge is 0.0477 e. The van der Waals surface area contributed by atoms with Crippen LogP contribution in [0, 0.1) is 0 Å². The molecule has 0 saturated heterocycles. The minimum atomic E-state index is 1.20. The van der Waals surface area contributed by atoms with E-state index in [1.165, 1.54) is 33.6 Å². The van der Waals surface area contributed by atoms with E-state index < -0.39 is 0 Å². The molecule has 0 aliphatic heterocycles. The number of hydrogen-bond acceptors (Lipinski definition) is 0. The van der Waals surface area contributed by atoms with Gasteiger partial charge in [0.25, 0.3) is 0 Å². The summed E-state index contributed by atoms with van der Waals surface area (Å²) >= 11 is 0. The van der Waals surface area contributed by atoms with E-state index >= 15 is 0 Å². The Balaban J connectivity index is 1.49. The lowest BCUT2D eigenvalue weighted by Crippen LogP contribution is -1.89. The molecule has 0 aliphatic carbocycles. The normalized spacial score (nSPS) is 11.3. The molecule has 0 atom stereocenters. The first kappa shape index (κ1) is 16.2. The highest BCUT2D eigenvalue weighted by atomic mass is 14.9. The van der Waals surface area contributed by atoms with Gasteiger partial charge in [-0.1, -0.05) is 60.7 Å². The van der Waals surface area contributed by atoms with Crippen molar-refractivity contribution in [3.8, 4) is 22.5 Å². The van der Waals surface area contributed by atoms with E-state index in [1.807, 2.05) is 0 Å². The topological polar surface area (TPSA) is 9.86 Å². The Kier molecular flexibility index (Phi) is 4.32. The van der Waals surface area contributed by atoms with Crippen LogP contribution in [0.3, 0.4) is 0 Å². The van der Waals surface area contributed by atoms with Crippen LogP contribution in [-0.4, -0.2) is 9.13 Å². The zero-order valence-corrected chi connectivity index (χ0v) is 15.1. The maximum Gasteiger partial charge on any atom is 0.0477 e. The average Bonchev–Trinajstić information content (AvgIpc) is 3.29. The van der Waals surface area contributed by atoms with Gasteiger partial charge < -0.3 is 9.13 Å². The summed E-state index contributed by atoms with van der Waals surface area (Å²) in [6.07, 6.45) is 8.46. The minimum absolute atomic E-state index is 1.20. The molecule has 0 radical (unpaired) electrons. The van der Waals surface area contributed by atoms with E-state index in [-0.39, 0.29) is 0 Å². The highest BCUT2D eigenvalue weighted by Gasteiger charge is 2.01. The molecule has 2 heteroatoms. The van der Waals surface area contributed by atoms with E-state index in [9.17, 15) is 0 Å². The molecule has 2 heterocycles. The van der Waals surface area contributed by atoms with Gasteiger partial charge in [-0.3, -0.25) is 0 Å². The number of aryl methyl sites for hydroxylation is 2. The summed E-state index contributed by atoms with van der Waals surface area (Å²) in [7, 11) is 4.14. The van der Waals surface area contributed by atoms with E-state index in [1.54, 1.807) is 0 Å². The zero-order chi connectivity index (χ0) is 17.9. The molecular formula is C24H22N2. The Bertz CT molecular complexity index is 943. The first-order chi connectivity index (χ1) is 12.7. The Morgan fingerprint density at radius 3 is 1.23 bits per heavy atom. The van der Waals surface area contributed by atoms with E-state index in [4.69, 9.17) is 0 Å². The fourth-order valence-corrected chi connectivity index (χ4v) is 3.24. The second-order valence-corrected chi connectivity index (χ2v) is 6.59. The molecule has 2 aromatic heterocycles. The van der Waals surface area contributed by atoms with Gasteiger partial charge in [0.1, 0.15) is 0 Å². The summed E-state index contributed by atoms with van der Waals surface area (Å²) in [6, 6.07) is 25.8. The maximum atomic E-state index is 2.17. The molecule has 0 unspecified atom stereocenters. The van der Waals surface area contributed by atoms with Gasteiger partial charge in [-0.15, -0.1) is 0 Å². The van der Waals surface area contributed by atoms with Gasteiger partial charge in [-0.2, -0.15) is 0 Å². The fourth-order valence-electron chi connectivity index (χ4n) is 3.24. The fraction of sp³-hybridized carbons (Fsp3) is 0.0833. The van der Waals surface area contributed by atoms with Gasteiger partial charge in [0.05, 0.1) is 0 Å². The van der Waals surface area contributed by atoms with Crippen molar-refractivity contribution in [1.82, 2.24) is 9.13 Å². The number of hydrogen-bond donors (Lipinski definition) is 0. The van der Waals surface area contributed by atoms with Crippen molar-refractivity contribution in [2.75, 3.05) is 0 Å². The Labute approximate surface area is 154 Å². The standard InChI is InChI=1S/C24H22N2/c1-25-17-3-5-23(25)21-13-9-19(10-14-21)7-8-20-11-15-22(16-12-20)24-6-4-18-26(24)2/h3-18H,1-2H3/b8-7+. The molecule has 0 N–H and O–H groups in total. The third-order valence-electron chi connectivity index (χ3n) is 4.77. The second kappa shape index (κ2) is 6.93. The molecule has 4 rings (SSSR count). The van der Waals surface area contributed by atoms with Crippen molar-refractivity contribution >= 4 is 12.2 Å². The number of rotatable bonds is 4. The molecule has 2 nitrogen and oxygen atoms in total. The first-order valence-electron chi connectivity index (χ1n) is 8.82. The first-order valence-corrected chi connectivity index (χ1v) is 8.82. The van der Waals surface area contributed by atoms with Crippen molar-refractivity contribution in [3.05, 3.63) is 96.3 Å². The molecule has 26 heavy (non-hydrogen) atoms. The highest BCUT2D eigenvalue weighted by Crippen LogP contribution is 2.22. The molecule has 4 aromatic rings. The lowest BCUT2D eigenvalue weighted by molar-refractivity contribution is 0.937. The lowest BCUT2D eigenvalue weighted by atomic mass is 10.1. The van der Waals surface area contributed by atoms with Gasteiger partial charge in [-0.05, 0) is 46.5 Å². The predicted molar refractivity (Wildman–Crippen MR) is 111 cm³/mol. The highest BCUT2D eigenvalue weighted by molar-refractivity contribution is 5.73. The number of nitrogens with zero attached hydrogens (tertiary/aromatic N) is 2. The van der Waals surface area contributed by atoms with Crippen molar-refractivity contribution in [3.63, 3.8) is 0 Å². The van der Waals surface area contributed by atoms with Crippen LogP contribution >= 0.6 is 0 Å². The average molecular weight is 338 g/mol. The van der Waals surface area contributed by atoms with E-state index in [2.05, 4.69) is 121 Å².